The SMILES string of the molecule is O=[N+]([O-])c1ccc(C(O)CN2CCCCC2)cc1. The predicted molar refractivity (Wildman–Crippen MR) is 68.3 cm³/mol. The molecule has 1 fully saturated rings. The zero-order valence-corrected chi connectivity index (χ0v) is 10.3. The van der Waals surface area contributed by atoms with Crippen molar-refractivity contribution in [1.82, 2.24) is 4.90 Å². The Balaban J connectivity index is 1.95. The zero-order chi connectivity index (χ0) is 13.0. The second-order valence-corrected chi connectivity index (χ2v) is 4.73. The molecule has 1 aromatic rings. The Hall–Kier alpha value is -1.46. The van der Waals surface area contributed by atoms with Crippen LogP contribution < -0.4 is 0 Å². The highest BCUT2D eigenvalue weighted by Crippen LogP contribution is 2.20. The summed E-state index contributed by atoms with van der Waals surface area (Å²) in [6.07, 6.45) is 3.08. The van der Waals surface area contributed by atoms with Crippen LogP contribution in [-0.4, -0.2) is 34.6 Å². The zero-order valence-electron chi connectivity index (χ0n) is 10.3. The summed E-state index contributed by atoms with van der Waals surface area (Å²) in [4.78, 5) is 12.3. The van der Waals surface area contributed by atoms with Crippen molar-refractivity contribution in [3.63, 3.8) is 0 Å². The van der Waals surface area contributed by atoms with E-state index < -0.39 is 11.0 Å². The van der Waals surface area contributed by atoms with Gasteiger partial charge in [-0.2, -0.15) is 0 Å². The highest BCUT2D eigenvalue weighted by atomic mass is 16.6. The van der Waals surface area contributed by atoms with Crippen molar-refractivity contribution in [1.29, 1.82) is 0 Å². The van der Waals surface area contributed by atoms with Crippen molar-refractivity contribution in [3.8, 4) is 0 Å². The topological polar surface area (TPSA) is 66.6 Å². The Labute approximate surface area is 106 Å². The van der Waals surface area contributed by atoms with Gasteiger partial charge in [0.05, 0.1) is 11.0 Å². The fraction of sp³-hybridized carbons (Fsp3) is 0.538. The van der Waals surface area contributed by atoms with Crippen LogP contribution in [0, 0.1) is 10.1 Å². The lowest BCUT2D eigenvalue weighted by molar-refractivity contribution is -0.384. The molecule has 1 atom stereocenters. The quantitative estimate of drug-likeness (QED) is 0.656. The number of non-ortho nitro benzene ring substituents is 1. The van der Waals surface area contributed by atoms with Gasteiger partial charge in [0.25, 0.3) is 5.69 Å². The van der Waals surface area contributed by atoms with E-state index in [1.54, 1.807) is 12.1 Å². The van der Waals surface area contributed by atoms with E-state index in [1.807, 2.05) is 0 Å². The maximum absolute atomic E-state index is 10.5. The lowest BCUT2D eigenvalue weighted by atomic mass is 10.1. The van der Waals surface area contributed by atoms with Gasteiger partial charge in [0.1, 0.15) is 0 Å². The van der Waals surface area contributed by atoms with Crippen LogP contribution in [-0.2, 0) is 0 Å². The summed E-state index contributed by atoms with van der Waals surface area (Å²) in [7, 11) is 0. The maximum atomic E-state index is 10.5. The van der Waals surface area contributed by atoms with Crippen LogP contribution in [0.3, 0.4) is 0 Å². The fourth-order valence-electron chi connectivity index (χ4n) is 2.31. The third kappa shape index (κ3) is 3.27. The average Bonchev–Trinajstić information content (AvgIpc) is 2.40. The number of nitro groups is 1. The van der Waals surface area contributed by atoms with E-state index in [0.717, 1.165) is 18.7 Å². The lowest BCUT2D eigenvalue weighted by Crippen LogP contribution is -2.33. The molecule has 5 nitrogen and oxygen atoms in total. The normalized spacial score (nSPS) is 18.5. The Kier molecular flexibility index (Phi) is 4.28. The molecule has 1 N–H and O–H groups in total. The fourth-order valence-corrected chi connectivity index (χ4v) is 2.31. The van der Waals surface area contributed by atoms with Gasteiger partial charge >= 0.3 is 0 Å². The van der Waals surface area contributed by atoms with E-state index in [0.29, 0.717) is 6.54 Å². The molecule has 1 heterocycles. The first-order chi connectivity index (χ1) is 8.66. The number of piperidine rings is 1. The van der Waals surface area contributed by atoms with E-state index in [1.165, 1.54) is 31.4 Å². The van der Waals surface area contributed by atoms with Crippen molar-refractivity contribution in [2.75, 3.05) is 19.6 Å². The number of nitro benzene ring substituents is 1. The molecule has 0 bridgehead atoms. The van der Waals surface area contributed by atoms with Gasteiger partial charge in [-0.15, -0.1) is 0 Å². The van der Waals surface area contributed by atoms with Crippen LogP contribution in [0.25, 0.3) is 0 Å². The third-order valence-electron chi connectivity index (χ3n) is 3.37. The number of aliphatic hydroxyl groups is 1. The number of hydrogen-bond donors (Lipinski definition) is 1. The Morgan fingerprint density at radius 2 is 1.83 bits per heavy atom. The van der Waals surface area contributed by atoms with Crippen molar-refractivity contribution in [3.05, 3.63) is 39.9 Å². The largest absolute Gasteiger partial charge is 0.387 e. The van der Waals surface area contributed by atoms with Crippen molar-refractivity contribution >= 4 is 5.69 Å². The highest BCUT2D eigenvalue weighted by molar-refractivity contribution is 5.33. The molecule has 18 heavy (non-hydrogen) atoms. The van der Waals surface area contributed by atoms with Crippen LogP contribution in [0.4, 0.5) is 5.69 Å². The van der Waals surface area contributed by atoms with E-state index in [4.69, 9.17) is 0 Å². The highest BCUT2D eigenvalue weighted by Gasteiger charge is 2.16. The Morgan fingerprint density at radius 3 is 2.39 bits per heavy atom. The standard InChI is InChI=1S/C13H18N2O3/c16-13(10-14-8-2-1-3-9-14)11-4-6-12(7-5-11)15(17)18/h4-7,13,16H,1-3,8-10H2. The number of rotatable bonds is 4. The molecule has 1 aliphatic heterocycles. The molecule has 1 aliphatic rings. The maximum Gasteiger partial charge on any atom is 0.269 e. The number of β-amino-alcohol motifs (C(OH)–C–C–N with tert-alkyl or cyclic N) is 1. The average molecular weight is 250 g/mol. The first kappa shape index (κ1) is 13.0. The molecule has 0 aromatic heterocycles. The molecule has 98 valence electrons. The number of nitrogens with zero attached hydrogens (tertiary/aromatic N) is 2. The minimum atomic E-state index is -0.566. The molecule has 5 heteroatoms. The van der Waals surface area contributed by atoms with Gasteiger partial charge < -0.3 is 10.0 Å². The van der Waals surface area contributed by atoms with Gasteiger partial charge in [-0.25, -0.2) is 0 Å². The van der Waals surface area contributed by atoms with Crippen molar-refractivity contribution in [2.24, 2.45) is 0 Å². The molecule has 1 aromatic carbocycles. The second kappa shape index (κ2) is 5.93. The molecule has 0 aliphatic carbocycles. The third-order valence-corrected chi connectivity index (χ3v) is 3.37. The van der Waals surface area contributed by atoms with Gasteiger partial charge in [-0.1, -0.05) is 6.42 Å². The summed E-state index contributed by atoms with van der Waals surface area (Å²) < 4.78 is 0. The first-order valence-electron chi connectivity index (χ1n) is 6.31. The smallest absolute Gasteiger partial charge is 0.269 e. The second-order valence-electron chi connectivity index (χ2n) is 4.73. The number of likely N-dealkylation sites (tertiary alicyclic amines) is 1. The molecule has 1 saturated heterocycles. The molecule has 0 spiro atoms. The van der Waals surface area contributed by atoms with Crippen LogP contribution in [0.5, 0.6) is 0 Å². The first-order valence-corrected chi connectivity index (χ1v) is 6.31. The molecule has 2 rings (SSSR count). The molecule has 1 unspecified atom stereocenters. The lowest BCUT2D eigenvalue weighted by Gasteiger charge is -2.28. The summed E-state index contributed by atoms with van der Waals surface area (Å²) in [5.41, 5.74) is 0.801. The number of benzene rings is 1. The number of hydrogen-bond acceptors (Lipinski definition) is 4. The monoisotopic (exact) mass is 250 g/mol. The summed E-state index contributed by atoms with van der Waals surface area (Å²) in [6, 6.07) is 6.14. The van der Waals surface area contributed by atoms with Gasteiger partial charge in [-0.3, -0.25) is 10.1 Å². The van der Waals surface area contributed by atoms with E-state index in [9.17, 15) is 15.2 Å². The summed E-state index contributed by atoms with van der Waals surface area (Å²) in [6.45, 7) is 2.67. The number of aliphatic hydroxyl groups excluding tert-OH is 1. The van der Waals surface area contributed by atoms with E-state index >= 15 is 0 Å². The predicted octanol–water partition coefficient (Wildman–Crippen LogP) is 2.11. The van der Waals surface area contributed by atoms with Crippen molar-refractivity contribution in [2.45, 2.75) is 25.4 Å². The van der Waals surface area contributed by atoms with E-state index in [2.05, 4.69) is 4.90 Å². The molecular formula is C13H18N2O3. The van der Waals surface area contributed by atoms with Gasteiger partial charge in [0.2, 0.25) is 0 Å². The molecule has 0 saturated carbocycles. The Bertz CT molecular complexity index is 399. The minimum Gasteiger partial charge on any atom is -0.387 e. The van der Waals surface area contributed by atoms with E-state index in [-0.39, 0.29) is 5.69 Å². The van der Waals surface area contributed by atoms with Crippen LogP contribution >= 0.6 is 0 Å². The summed E-state index contributed by atoms with van der Waals surface area (Å²) in [5, 5.41) is 20.6. The van der Waals surface area contributed by atoms with Crippen molar-refractivity contribution < 1.29 is 10.0 Å². The molecular weight excluding hydrogens is 232 g/mol. The minimum absolute atomic E-state index is 0.0592. The van der Waals surface area contributed by atoms with Gasteiger partial charge in [-0.05, 0) is 43.6 Å². The van der Waals surface area contributed by atoms with Gasteiger partial charge in [0, 0.05) is 18.7 Å². The summed E-state index contributed by atoms with van der Waals surface area (Å²) in [5.74, 6) is 0. The van der Waals surface area contributed by atoms with Crippen LogP contribution in [0.1, 0.15) is 30.9 Å². The Morgan fingerprint density at radius 1 is 1.22 bits per heavy atom. The molecule has 0 amide bonds. The van der Waals surface area contributed by atoms with Crippen LogP contribution in [0.2, 0.25) is 0 Å². The summed E-state index contributed by atoms with van der Waals surface area (Å²) >= 11 is 0. The molecule has 0 radical (unpaired) electrons. The van der Waals surface area contributed by atoms with Gasteiger partial charge in [0.15, 0.2) is 0 Å². The van der Waals surface area contributed by atoms with Crippen LogP contribution in [0.15, 0.2) is 24.3 Å².